The molecule has 4 aromatic rings. The monoisotopic (exact) mass is 485 g/mol. The molecule has 0 fully saturated rings. The number of nitrogens with one attached hydrogen (secondary N) is 1. The van der Waals surface area contributed by atoms with Crippen molar-refractivity contribution in [3.8, 4) is 21.8 Å². The Balaban J connectivity index is 1.52. The third kappa shape index (κ3) is 4.86. The van der Waals surface area contributed by atoms with Crippen LogP contribution in [-0.4, -0.2) is 18.3 Å². The molecule has 32 heavy (non-hydrogen) atoms. The summed E-state index contributed by atoms with van der Waals surface area (Å²) in [5, 5.41) is 13.7. The quantitative estimate of drug-likeness (QED) is 0.274. The molecule has 0 radical (unpaired) electrons. The fourth-order valence-electron chi connectivity index (χ4n) is 3.02. The summed E-state index contributed by atoms with van der Waals surface area (Å²) >= 11 is 7.28. The molecule has 1 aromatic heterocycles. The second-order valence-electron chi connectivity index (χ2n) is 6.80. The maximum atomic E-state index is 12.6. The largest absolute Gasteiger partial charge is 0.289 e. The van der Waals surface area contributed by atoms with Crippen molar-refractivity contribution in [3.05, 3.63) is 98.9 Å². The first-order valence-corrected chi connectivity index (χ1v) is 12.1. The van der Waals surface area contributed by atoms with Crippen LogP contribution in [0.4, 0.5) is 5.69 Å². The number of hydrogen-bond donors (Lipinski definition) is 1. The standard InChI is InChI=1S/C22H16ClN3O4S2/c23-19-10-9-18(12-21(19)26(27)28)32(29,30)24-13-15-5-4-8-17(11-15)22-25-20(14-31-22)16-6-2-1-3-7-16/h1-12,14,24H,13H2. The lowest BCUT2D eigenvalue weighted by Gasteiger charge is -2.08. The van der Waals surface area contributed by atoms with Gasteiger partial charge in [-0.2, -0.15) is 0 Å². The van der Waals surface area contributed by atoms with E-state index in [2.05, 4.69) is 9.71 Å². The zero-order valence-electron chi connectivity index (χ0n) is 16.4. The predicted octanol–water partition coefficient (Wildman–Crippen LogP) is 5.52. The van der Waals surface area contributed by atoms with Crippen molar-refractivity contribution in [3.63, 3.8) is 0 Å². The van der Waals surface area contributed by atoms with Crippen LogP contribution >= 0.6 is 22.9 Å². The van der Waals surface area contributed by atoms with Crippen LogP contribution in [0.25, 0.3) is 21.8 Å². The molecule has 0 aliphatic carbocycles. The molecule has 1 heterocycles. The second-order valence-corrected chi connectivity index (χ2v) is 9.83. The highest BCUT2D eigenvalue weighted by atomic mass is 35.5. The van der Waals surface area contributed by atoms with Crippen molar-refractivity contribution in [2.45, 2.75) is 11.4 Å². The highest BCUT2D eigenvalue weighted by molar-refractivity contribution is 7.89. The van der Waals surface area contributed by atoms with Crippen LogP contribution < -0.4 is 4.72 Å². The summed E-state index contributed by atoms with van der Waals surface area (Å²) in [5.41, 5.74) is 3.04. The lowest BCUT2D eigenvalue weighted by atomic mass is 10.1. The van der Waals surface area contributed by atoms with Crippen LogP contribution in [0.3, 0.4) is 0 Å². The van der Waals surface area contributed by atoms with E-state index in [-0.39, 0.29) is 16.5 Å². The molecular weight excluding hydrogens is 470 g/mol. The Morgan fingerprint density at radius 3 is 2.50 bits per heavy atom. The first-order valence-electron chi connectivity index (χ1n) is 9.37. The fraction of sp³-hybridized carbons (Fsp3) is 0.0455. The van der Waals surface area contributed by atoms with Gasteiger partial charge in [0.25, 0.3) is 5.69 Å². The first-order chi connectivity index (χ1) is 15.3. The van der Waals surface area contributed by atoms with Crippen molar-refractivity contribution in [1.82, 2.24) is 9.71 Å². The molecule has 0 spiro atoms. The number of nitro groups is 1. The van der Waals surface area contributed by atoms with Gasteiger partial charge in [-0.1, -0.05) is 60.1 Å². The van der Waals surface area contributed by atoms with E-state index in [4.69, 9.17) is 11.6 Å². The van der Waals surface area contributed by atoms with Crippen molar-refractivity contribution >= 4 is 38.6 Å². The van der Waals surface area contributed by atoms with Crippen LogP contribution in [0.1, 0.15) is 5.56 Å². The topological polar surface area (TPSA) is 102 Å². The van der Waals surface area contributed by atoms with Gasteiger partial charge in [0.15, 0.2) is 0 Å². The number of benzene rings is 3. The van der Waals surface area contributed by atoms with E-state index < -0.39 is 20.6 Å². The average Bonchev–Trinajstić information content (AvgIpc) is 3.29. The zero-order chi connectivity index (χ0) is 22.7. The molecule has 3 aromatic carbocycles. The Bertz CT molecular complexity index is 1390. The molecule has 0 atom stereocenters. The van der Waals surface area contributed by atoms with Gasteiger partial charge in [-0.15, -0.1) is 11.3 Å². The van der Waals surface area contributed by atoms with Crippen molar-refractivity contribution in [1.29, 1.82) is 0 Å². The molecular formula is C22H16ClN3O4S2. The summed E-state index contributed by atoms with van der Waals surface area (Å²) in [5.74, 6) is 0. The molecule has 0 bridgehead atoms. The molecule has 0 unspecified atom stereocenters. The van der Waals surface area contributed by atoms with E-state index in [1.807, 2.05) is 53.9 Å². The van der Waals surface area contributed by atoms with Crippen LogP contribution in [-0.2, 0) is 16.6 Å². The predicted molar refractivity (Wildman–Crippen MR) is 125 cm³/mol. The zero-order valence-corrected chi connectivity index (χ0v) is 18.8. The molecule has 0 aliphatic rings. The Morgan fingerprint density at radius 2 is 1.75 bits per heavy atom. The second kappa shape index (κ2) is 9.17. The van der Waals surface area contributed by atoms with Gasteiger partial charge >= 0.3 is 0 Å². The van der Waals surface area contributed by atoms with Crippen molar-refractivity contribution in [2.75, 3.05) is 0 Å². The Morgan fingerprint density at radius 1 is 1.00 bits per heavy atom. The van der Waals surface area contributed by atoms with Gasteiger partial charge in [-0.3, -0.25) is 10.1 Å². The smallest absolute Gasteiger partial charge is 0.258 e. The van der Waals surface area contributed by atoms with Gasteiger partial charge in [0.2, 0.25) is 10.0 Å². The Hall–Kier alpha value is -3.11. The number of halogens is 1. The number of sulfonamides is 1. The van der Waals surface area contributed by atoms with Crippen molar-refractivity contribution < 1.29 is 13.3 Å². The van der Waals surface area contributed by atoms with Crippen LogP contribution in [0.2, 0.25) is 5.02 Å². The van der Waals surface area contributed by atoms with Crippen LogP contribution in [0.5, 0.6) is 0 Å². The molecule has 0 aliphatic heterocycles. The lowest BCUT2D eigenvalue weighted by Crippen LogP contribution is -2.23. The molecule has 0 saturated heterocycles. The summed E-state index contributed by atoms with van der Waals surface area (Å²) in [6.45, 7) is 0.0174. The Labute approximate surface area is 193 Å². The third-order valence-corrected chi connectivity index (χ3v) is 7.25. The van der Waals surface area contributed by atoms with E-state index in [1.54, 1.807) is 6.07 Å². The number of nitro benzene ring substituents is 1. The molecule has 0 saturated carbocycles. The van der Waals surface area contributed by atoms with Gasteiger partial charge in [-0.05, 0) is 23.8 Å². The number of hydrogen-bond acceptors (Lipinski definition) is 6. The van der Waals surface area contributed by atoms with Gasteiger partial charge < -0.3 is 0 Å². The number of aromatic nitrogens is 1. The van der Waals surface area contributed by atoms with E-state index in [0.717, 1.165) is 33.5 Å². The van der Waals surface area contributed by atoms with E-state index in [0.29, 0.717) is 0 Å². The number of thiazole rings is 1. The fourth-order valence-corrected chi connectivity index (χ4v) is 5.07. The molecule has 1 N–H and O–H groups in total. The highest BCUT2D eigenvalue weighted by Crippen LogP contribution is 2.30. The van der Waals surface area contributed by atoms with Crippen molar-refractivity contribution in [2.24, 2.45) is 0 Å². The molecule has 7 nitrogen and oxygen atoms in total. The Kier molecular flexibility index (Phi) is 6.33. The number of rotatable bonds is 7. The van der Waals surface area contributed by atoms with E-state index >= 15 is 0 Å². The molecule has 0 amide bonds. The first kappa shape index (κ1) is 22.1. The molecule has 4 rings (SSSR count). The average molecular weight is 486 g/mol. The lowest BCUT2D eigenvalue weighted by molar-refractivity contribution is -0.384. The minimum atomic E-state index is -3.97. The molecule has 162 valence electrons. The van der Waals surface area contributed by atoms with E-state index in [1.165, 1.54) is 23.5 Å². The minimum Gasteiger partial charge on any atom is -0.258 e. The maximum absolute atomic E-state index is 12.6. The van der Waals surface area contributed by atoms with Crippen LogP contribution in [0, 0.1) is 10.1 Å². The van der Waals surface area contributed by atoms with E-state index in [9.17, 15) is 18.5 Å². The van der Waals surface area contributed by atoms with Crippen LogP contribution in [0.15, 0.2) is 83.1 Å². The highest BCUT2D eigenvalue weighted by Gasteiger charge is 2.20. The summed E-state index contributed by atoms with van der Waals surface area (Å²) < 4.78 is 27.7. The summed E-state index contributed by atoms with van der Waals surface area (Å²) in [7, 11) is -3.97. The molecule has 10 heteroatoms. The maximum Gasteiger partial charge on any atom is 0.289 e. The SMILES string of the molecule is O=[N+]([O-])c1cc(S(=O)(=O)NCc2cccc(-c3nc(-c4ccccc4)cs3)c2)ccc1Cl. The number of nitrogens with zero attached hydrogens (tertiary/aromatic N) is 2. The summed E-state index contributed by atoms with van der Waals surface area (Å²) in [6, 6.07) is 20.6. The van der Waals surface area contributed by atoms with Gasteiger partial charge in [-0.25, -0.2) is 18.1 Å². The van der Waals surface area contributed by atoms with Gasteiger partial charge in [0, 0.05) is 29.1 Å². The third-order valence-electron chi connectivity index (χ3n) is 4.64. The minimum absolute atomic E-state index is 0.0174. The van der Waals surface area contributed by atoms with Gasteiger partial charge in [0.1, 0.15) is 10.0 Å². The summed E-state index contributed by atoms with van der Waals surface area (Å²) in [6.07, 6.45) is 0. The summed E-state index contributed by atoms with van der Waals surface area (Å²) in [4.78, 5) is 14.8. The normalized spacial score (nSPS) is 11.4. The van der Waals surface area contributed by atoms with Gasteiger partial charge in [0.05, 0.1) is 15.5 Å².